The Morgan fingerprint density at radius 1 is 1.32 bits per heavy atom. The first kappa shape index (κ1) is 17.4. The number of fused-ring (bicyclic) bond motifs is 1. The maximum atomic E-state index is 14.2. The molecule has 0 bridgehead atoms. The van der Waals surface area contributed by atoms with Crippen LogP contribution in [0.15, 0.2) is 12.5 Å². The molecule has 0 radical (unpaired) electrons. The summed E-state index contributed by atoms with van der Waals surface area (Å²) in [5.74, 6) is -5.10. The van der Waals surface area contributed by atoms with Crippen molar-refractivity contribution in [1.29, 1.82) is 0 Å². The zero-order valence-corrected chi connectivity index (χ0v) is 13.0. The second kappa shape index (κ2) is 6.47. The first-order valence-electron chi connectivity index (χ1n) is 7.28. The van der Waals surface area contributed by atoms with Crippen LogP contribution in [0, 0.1) is 0 Å². The molecule has 7 nitrogen and oxygen atoms in total. The van der Waals surface area contributed by atoms with Gasteiger partial charge in [-0.05, 0) is 7.05 Å². The van der Waals surface area contributed by atoms with Crippen molar-refractivity contribution in [2.45, 2.75) is 25.1 Å². The summed E-state index contributed by atoms with van der Waals surface area (Å²) in [6.45, 7) is -3.48. The number of likely N-dealkylation sites (tertiary alicyclic amines) is 1. The van der Waals surface area contributed by atoms with Gasteiger partial charge in [0.1, 0.15) is 11.7 Å². The van der Waals surface area contributed by atoms with Crippen LogP contribution in [-0.2, 0) is 0 Å². The Balaban J connectivity index is 2.06. The van der Waals surface area contributed by atoms with Crippen molar-refractivity contribution < 1.29 is 32.1 Å². The molecule has 0 unspecified atom stereocenters. The average molecular weight is 362 g/mol. The third kappa shape index (κ3) is 3.50. The van der Waals surface area contributed by atoms with Crippen molar-refractivity contribution >= 4 is 10.9 Å². The Labute approximate surface area is 139 Å². The molecule has 0 amide bonds. The smallest absolute Gasteiger partial charge is 0.388 e. The third-order valence-corrected chi connectivity index (χ3v) is 3.77. The largest absolute Gasteiger partial charge is 0.493 e. The second-order valence-corrected chi connectivity index (χ2v) is 5.62. The molecule has 1 atom stereocenters. The van der Waals surface area contributed by atoms with E-state index >= 15 is 0 Å². The number of alkyl halides is 4. The lowest BCUT2D eigenvalue weighted by Crippen LogP contribution is -2.52. The molecule has 1 aliphatic rings. The lowest BCUT2D eigenvalue weighted by molar-refractivity contribution is -0.136. The van der Waals surface area contributed by atoms with Crippen LogP contribution in [0.25, 0.3) is 10.9 Å². The monoisotopic (exact) mass is 362 g/mol. The van der Waals surface area contributed by atoms with E-state index in [4.69, 9.17) is 4.74 Å². The SMILES string of the molecule is CN1CC[C@@H](Oc2c(OC(F)F)ncc3ncnc(O)c23)C(F)(F)C1. The third-order valence-electron chi connectivity index (χ3n) is 3.77. The fourth-order valence-corrected chi connectivity index (χ4v) is 2.65. The maximum absolute atomic E-state index is 14.2. The number of hydrogen-bond donors (Lipinski definition) is 1. The molecular formula is C14H14F4N4O3. The lowest BCUT2D eigenvalue weighted by Gasteiger charge is -2.36. The Hall–Kier alpha value is -2.43. The predicted octanol–water partition coefficient (Wildman–Crippen LogP) is 2.05. The summed E-state index contributed by atoms with van der Waals surface area (Å²) in [7, 11) is 1.54. The summed E-state index contributed by atoms with van der Waals surface area (Å²) in [6, 6.07) is 0. The zero-order chi connectivity index (χ0) is 18.2. The molecule has 0 aromatic carbocycles. The molecule has 0 aliphatic carbocycles. The molecular weight excluding hydrogens is 348 g/mol. The number of nitrogens with zero attached hydrogens (tertiary/aromatic N) is 4. The Morgan fingerprint density at radius 2 is 2.08 bits per heavy atom. The number of rotatable bonds is 4. The van der Waals surface area contributed by atoms with E-state index < -0.39 is 42.7 Å². The van der Waals surface area contributed by atoms with Crippen molar-refractivity contribution in [2.24, 2.45) is 0 Å². The fraction of sp³-hybridized carbons (Fsp3) is 0.500. The number of aromatic nitrogens is 3. The number of pyridine rings is 1. The van der Waals surface area contributed by atoms with Gasteiger partial charge in [-0.25, -0.2) is 23.7 Å². The average Bonchev–Trinajstić information content (AvgIpc) is 2.51. The van der Waals surface area contributed by atoms with Crippen LogP contribution in [0.4, 0.5) is 17.6 Å². The molecule has 0 spiro atoms. The van der Waals surface area contributed by atoms with Gasteiger partial charge in [-0.3, -0.25) is 0 Å². The summed E-state index contributed by atoms with van der Waals surface area (Å²) in [5, 5.41) is 9.70. The lowest BCUT2D eigenvalue weighted by atomic mass is 10.0. The van der Waals surface area contributed by atoms with Gasteiger partial charge in [-0.15, -0.1) is 0 Å². The highest BCUT2D eigenvalue weighted by atomic mass is 19.3. The predicted molar refractivity (Wildman–Crippen MR) is 77.1 cm³/mol. The van der Waals surface area contributed by atoms with Gasteiger partial charge < -0.3 is 19.5 Å². The Bertz CT molecular complexity index is 777. The minimum Gasteiger partial charge on any atom is -0.493 e. The zero-order valence-electron chi connectivity index (χ0n) is 13.0. The Kier molecular flexibility index (Phi) is 4.50. The molecule has 0 saturated carbocycles. The standard InChI is InChI=1S/C14H14F4N4O3/c1-22-3-2-8(14(17,18)5-22)24-10-9-7(20-6-21-11(9)23)4-19-12(10)25-13(15)16/h4,6,8,13H,2-3,5H2,1H3,(H,20,21,23)/t8-/m1/s1. The van der Waals surface area contributed by atoms with Crippen molar-refractivity contribution in [1.82, 2.24) is 19.9 Å². The summed E-state index contributed by atoms with van der Waals surface area (Å²) in [5.41, 5.74) is 0.0420. The molecule has 3 rings (SSSR count). The summed E-state index contributed by atoms with van der Waals surface area (Å²) in [6.07, 6.45) is 0.410. The molecule has 136 valence electrons. The van der Waals surface area contributed by atoms with Gasteiger partial charge in [0.05, 0.1) is 18.3 Å². The summed E-state index contributed by atoms with van der Waals surface area (Å²) >= 11 is 0. The van der Waals surface area contributed by atoms with Gasteiger partial charge in [0.25, 0.3) is 11.8 Å². The first-order chi connectivity index (χ1) is 11.8. The van der Waals surface area contributed by atoms with E-state index in [0.29, 0.717) is 6.54 Å². The molecule has 2 aromatic rings. The van der Waals surface area contributed by atoms with Crippen LogP contribution >= 0.6 is 0 Å². The van der Waals surface area contributed by atoms with Crippen molar-refractivity contribution in [3.63, 3.8) is 0 Å². The number of aromatic hydroxyl groups is 1. The van der Waals surface area contributed by atoms with Crippen LogP contribution < -0.4 is 9.47 Å². The minimum absolute atomic E-state index is 0.0420. The minimum atomic E-state index is -3.25. The van der Waals surface area contributed by atoms with Gasteiger partial charge >= 0.3 is 6.61 Å². The fourth-order valence-electron chi connectivity index (χ4n) is 2.65. The van der Waals surface area contributed by atoms with Gasteiger partial charge in [-0.2, -0.15) is 8.78 Å². The van der Waals surface area contributed by atoms with Crippen LogP contribution in [0.5, 0.6) is 17.5 Å². The molecule has 1 aliphatic heterocycles. The topological polar surface area (TPSA) is 80.6 Å². The highest BCUT2D eigenvalue weighted by Gasteiger charge is 2.46. The van der Waals surface area contributed by atoms with Gasteiger partial charge in [0, 0.05) is 13.0 Å². The second-order valence-electron chi connectivity index (χ2n) is 5.62. The number of ether oxygens (including phenoxy) is 2. The van der Waals surface area contributed by atoms with Crippen molar-refractivity contribution in [3.8, 4) is 17.5 Å². The van der Waals surface area contributed by atoms with Crippen LogP contribution in [0.1, 0.15) is 6.42 Å². The van der Waals surface area contributed by atoms with E-state index in [-0.39, 0.29) is 17.3 Å². The molecule has 3 heterocycles. The molecule has 11 heteroatoms. The normalized spacial score (nSPS) is 20.8. The van der Waals surface area contributed by atoms with Crippen molar-refractivity contribution in [2.75, 3.05) is 20.1 Å². The maximum Gasteiger partial charge on any atom is 0.388 e. The Morgan fingerprint density at radius 3 is 2.76 bits per heavy atom. The van der Waals surface area contributed by atoms with Crippen LogP contribution in [0.2, 0.25) is 0 Å². The number of halogens is 4. The number of piperidine rings is 1. The quantitative estimate of drug-likeness (QED) is 0.834. The molecule has 1 saturated heterocycles. The van der Waals surface area contributed by atoms with E-state index in [2.05, 4.69) is 19.7 Å². The van der Waals surface area contributed by atoms with E-state index in [1.807, 2.05) is 0 Å². The first-order valence-corrected chi connectivity index (χ1v) is 7.28. The highest BCUT2D eigenvalue weighted by molar-refractivity contribution is 5.90. The van der Waals surface area contributed by atoms with E-state index in [1.165, 1.54) is 11.9 Å². The van der Waals surface area contributed by atoms with Crippen LogP contribution in [-0.4, -0.2) is 63.7 Å². The van der Waals surface area contributed by atoms with E-state index in [0.717, 1.165) is 12.5 Å². The van der Waals surface area contributed by atoms with Crippen LogP contribution in [0.3, 0.4) is 0 Å². The van der Waals surface area contributed by atoms with Crippen molar-refractivity contribution in [3.05, 3.63) is 12.5 Å². The molecule has 1 N–H and O–H groups in total. The van der Waals surface area contributed by atoms with Gasteiger partial charge in [-0.1, -0.05) is 0 Å². The molecule has 2 aromatic heterocycles. The van der Waals surface area contributed by atoms with Gasteiger partial charge in [0.2, 0.25) is 5.88 Å². The molecule has 25 heavy (non-hydrogen) atoms. The molecule has 1 fully saturated rings. The van der Waals surface area contributed by atoms with Gasteiger partial charge in [0.15, 0.2) is 11.9 Å². The number of hydrogen-bond acceptors (Lipinski definition) is 7. The van der Waals surface area contributed by atoms with E-state index in [1.54, 1.807) is 0 Å². The highest BCUT2D eigenvalue weighted by Crippen LogP contribution is 2.41. The summed E-state index contributed by atoms with van der Waals surface area (Å²) < 4.78 is 63.2. The van der Waals surface area contributed by atoms with E-state index in [9.17, 15) is 22.7 Å². The summed E-state index contributed by atoms with van der Waals surface area (Å²) in [4.78, 5) is 12.4.